The molecule has 112 valence electrons. The molecule has 0 atom stereocenters. The Bertz CT molecular complexity index is 609. The average molecular weight is 299 g/mol. The maximum atomic E-state index is 12.1. The Morgan fingerprint density at radius 2 is 1.95 bits per heavy atom. The summed E-state index contributed by atoms with van der Waals surface area (Å²) >= 11 is 0. The summed E-state index contributed by atoms with van der Waals surface area (Å²) in [6, 6.07) is 4.59. The van der Waals surface area contributed by atoms with E-state index in [0.29, 0.717) is 5.69 Å². The molecule has 0 aliphatic rings. The number of nitrogens with two attached hydrogens (primary N) is 2. The summed E-state index contributed by atoms with van der Waals surface area (Å²) in [5, 5.41) is 0. The van der Waals surface area contributed by atoms with Gasteiger partial charge in [-0.3, -0.25) is 4.79 Å². The van der Waals surface area contributed by atoms with E-state index in [-0.39, 0.29) is 11.4 Å². The average Bonchev–Trinajstić information content (AvgIpc) is 2.36. The van der Waals surface area contributed by atoms with Crippen LogP contribution in [0.4, 0.5) is 5.69 Å². The number of aryl methyl sites for hydroxylation is 1. The monoisotopic (exact) mass is 299 g/mol. The van der Waals surface area contributed by atoms with Crippen LogP contribution in [0.15, 0.2) is 23.1 Å². The van der Waals surface area contributed by atoms with Crippen molar-refractivity contribution in [2.24, 2.45) is 11.1 Å². The number of hydrogen-bond donors (Lipinski definition) is 3. The van der Waals surface area contributed by atoms with E-state index in [9.17, 15) is 13.2 Å². The fourth-order valence-corrected chi connectivity index (χ4v) is 2.75. The van der Waals surface area contributed by atoms with E-state index in [0.717, 1.165) is 12.0 Å². The first kappa shape index (κ1) is 16.5. The van der Waals surface area contributed by atoms with Crippen LogP contribution >= 0.6 is 0 Å². The van der Waals surface area contributed by atoms with E-state index in [2.05, 4.69) is 4.72 Å². The lowest BCUT2D eigenvalue weighted by Gasteiger charge is -2.20. The van der Waals surface area contributed by atoms with Gasteiger partial charge in [-0.2, -0.15) is 0 Å². The van der Waals surface area contributed by atoms with Gasteiger partial charge in [-0.05, 0) is 38.0 Å². The van der Waals surface area contributed by atoms with Crippen LogP contribution < -0.4 is 16.2 Å². The number of sulfonamides is 1. The van der Waals surface area contributed by atoms with Crippen molar-refractivity contribution in [2.75, 3.05) is 12.3 Å². The van der Waals surface area contributed by atoms with Crippen molar-refractivity contribution in [1.29, 1.82) is 0 Å². The molecule has 1 aromatic carbocycles. The highest BCUT2D eigenvalue weighted by molar-refractivity contribution is 7.89. The molecule has 0 unspecified atom stereocenters. The van der Waals surface area contributed by atoms with E-state index in [1.165, 1.54) is 12.1 Å². The van der Waals surface area contributed by atoms with E-state index >= 15 is 0 Å². The smallest absolute Gasteiger partial charge is 0.240 e. The predicted octanol–water partition coefficient (Wildman–Crippen LogP) is 0.621. The molecule has 0 bridgehead atoms. The molecule has 0 fully saturated rings. The summed E-state index contributed by atoms with van der Waals surface area (Å²) in [6.45, 7) is 5.02. The summed E-state index contributed by atoms with van der Waals surface area (Å²) < 4.78 is 26.6. The molecule has 0 radical (unpaired) electrons. The number of rotatable bonds is 6. The van der Waals surface area contributed by atoms with Crippen molar-refractivity contribution in [3.8, 4) is 0 Å². The maximum absolute atomic E-state index is 12.1. The van der Waals surface area contributed by atoms with Crippen molar-refractivity contribution in [2.45, 2.75) is 32.1 Å². The molecule has 6 nitrogen and oxygen atoms in total. The first-order valence-corrected chi connectivity index (χ1v) is 7.76. The van der Waals surface area contributed by atoms with E-state index in [1.807, 2.05) is 6.92 Å². The second kappa shape index (κ2) is 5.80. The molecule has 1 aromatic rings. The molecular formula is C13H21N3O3S. The molecule has 0 heterocycles. The van der Waals surface area contributed by atoms with Gasteiger partial charge in [0.2, 0.25) is 15.9 Å². The molecule has 1 rings (SSSR count). The quantitative estimate of drug-likeness (QED) is 0.668. The predicted molar refractivity (Wildman–Crippen MR) is 78.4 cm³/mol. The molecule has 0 saturated carbocycles. The molecule has 20 heavy (non-hydrogen) atoms. The molecule has 0 aliphatic carbocycles. The zero-order valence-corrected chi connectivity index (χ0v) is 12.8. The second-order valence-electron chi connectivity index (χ2n) is 5.29. The number of hydrogen-bond acceptors (Lipinski definition) is 4. The summed E-state index contributed by atoms with van der Waals surface area (Å²) in [5.74, 6) is -0.568. The number of anilines is 1. The third-order valence-corrected chi connectivity index (χ3v) is 4.58. The van der Waals surface area contributed by atoms with Crippen LogP contribution in [-0.4, -0.2) is 20.9 Å². The molecule has 5 N–H and O–H groups in total. The van der Waals surface area contributed by atoms with Gasteiger partial charge in [0.25, 0.3) is 0 Å². The number of benzene rings is 1. The van der Waals surface area contributed by atoms with Crippen molar-refractivity contribution in [3.05, 3.63) is 23.8 Å². The first-order chi connectivity index (χ1) is 9.10. The van der Waals surface area contributed by atoms with Gasteiger partial charge in [-0.15, -0.1) is 0 Å². The van der Waals surface area contributed by atoms with E-state index in [4.69, 9.17) is 11.5 Å². The lowest BCUT2D eigenvalue weighted by atomic mass is 9.93. The van der Waals surface area contributed by atoms with Crippen LogP contribution in [0.5, 0.6) is 0 Å². The molecule has 0 aliphatic heterocycles. The Hall–Kier alpha value is -1.60. The van der Waals surface area contributed by atoms with Crippen molar-refractivity contribution in [3.63, 3.8) is 0 Å². The third kappa shape index (κ3) is 3.71. The minimum absolute atomic E-state index is 0.0693. The summed E-state index contributed by atoms with van der Waals surface area (Å²) in [7, 11) is -3.71. The van der Waals surface area contributed by atoms with Crippen molar-refractivity contribution in [1.82, 2.24) is 4.72 Å². The van der Waals surface area contributed by atoms with Gasteiger partial charge in [0.1, 0.15) is 0 Å². The Morgan fingerprint density at radius 3 is 2.40 bits per heavy atom. The molecule has 0 aromatic heterocycles. The standard InChI is InChI=1S/C13H21N3O3S/c1-4-9-5-6-10(7-11(9)14)20(18,19)16-8-13(2,3)12(15)17/h5-7,16H,4,8,14H2,1-3H3,(H2,15,17). The van der Waals surface area contributed by atoms with Crippen LogP contribution in [-0.2, 0) is 21.2 Å². The van der Waals surface area contributed by atoms with Gasteiger partial charge < -0.3 is 11.5 Å². The van der Waals surface area contributed by atoms with Gasteiger partial charge in [-0.1, -0.05) is 13.0 Å². The Kier molecular flexibility index (Phi) is 4.77. The van der Waals surface area contributed by atoms with E-state index in [1.54, 1.807) is 19.9 Å². The minimum atomic E-state index is -3.71. The van der Waals surface area contributed by atoms with Gasteiger partial charge in [0, 0.05) is 12.2 Å². The highest BCUT2D eigenvalue weighted by Gasteiger charge is 2.27. The van der Waals surface area contributed by atoms with Crippen molar-refractivity contribution < 1.29 is 13.2 Å². The SMILES string of the molecule is CCc1ccc(S(=O)(=O)NCC(C)(C)C(N)=O)cc1N. The fraction of sp³-hybridized carbons (Fsp3) is 0.462. The third-order valence-electron chi connectivity index (χ3n) is 3.18. The molecular weight excluding hydrogens is 278 g/mol. The lowest BCUT2D eigenvalue weighted by molar-refractivity contribution is -0.125. The zero-order valence-electron chi connectivity index (χ0n) is 11.9. The van der Waals surface area contributed by atoms with Crippen molar-refractivity contribution >= 4 is 21.6 Å². The number of primary amides is 1. The number of amides is 1. The Morgan fingerprint density at radius 1 is 1.35 bits per heavy atom. The van der Waals surface area contributed by atoms with E-state index < -0.39 is 21.3 Å². The molecule has 0 saturated heterocycles. The topological polar surface area (TPSA) is 115 Å². The minimum Gasteiger partial charge on any atom is -0.398 e. The summed E-state index contributed by atoms with van der Waals surface area (Å²) in [5.41, 5.74) is 11.4. The normalized spacial score (nSPS) is 12.3. The van der Waals surface area contributed by atoms with Crippen LogP contribution in [0.3, 0.4) is 0 Å². The van der Waals surface area contributed by atoms with Gasteiger partial charge >= 0.3 is 0 Å². The van der Waals surface area contributed by atoms with Crippen LogP contribution in [0.25, 0.3) is 0 Å². The molecule has 1 amide bonds. The van der Waals surface area contributed by atoms with Gasteiger partial charge in [0.05, 0.1) is 10.3 Å². The second-order valence-corrected chi connectivity index (χ2v) is 7.05. The van der Waals surface area contributed by atoms with Crippen LogP contribution in [0.1, 0.15) is 26.3 Å². The summed E-state index contributed by atoms with van der Waals surface area (Å²) in [6.07, 6.45) is 0.730. The summed E-state index contributed by atoms with van der Waals surface area (Å²) in [4.78, 5) is 11.3. The first-order valence-electron chi connectivity index (χ1n) is 6.28. The zero-order chi connectivity index (χ0) is 15.6. The molecule has 0 spiro atoms. The number of carbonyl (C=O) groups excluding carboxylic acids is 1. The fourth-order valence-electron chi connectivity index (χ4n) is 1.51. The number of nitrogen functional groups attached to an aromatic ring is 1. The largest absolute Gasteiger partial charge is 0.398 e. The number of nitrogens with one attached hydrogen (secondary N) is 1. The highest BCUT2D eigenvalue weighted by Crippen LogP contribution is 2.19. The van der Waals surface area contributed by atoms with Crippen LogP contribution in [0.2, 0.25) is 0 Å². The molecule has 7 heteroatoms. The maximum Gasteiger partial charge on any atom is 0.240 e. The Labute approximate surface area is 119 Å². The highest BCUT2D eigenvalue weighted by atomic mass is 32.2. The lowest BCUT2D eigenvalue weighted by Crippen LogP contribution is -2.42. The van der Waals surface area contributed by atoms with Gasteiger partial charge in [0.15, 0.2) is 0 Å². The Balaban J connectivity index is 2.95. The van der Waals surface area contributed by atoms with Gasteiger partial charge in [-0.25, -0.2) is 13.1 Å². The van der Waals surface area contributed by atoms with Crippen LogP contribution in [0, 0.1) is 5.41 Å². The number of carbonyl (C=O) groups is 1.